The van der Waals surface area contributed by atoms with Gasteiger partial charge in [0.15, 0.2) is 5.78 Å². The lowest BCUT2D eigenvalue weighted by molar-refractivity contribution is -0.121. The summed E-state index contributed by atoms with van der Waals surface area (Å²) in [7, 11) is 0. The molecule has 3 aromatic rings. The number of hydrogen-bond donors (Lipinski definition) is 4. The highest BCUT2D eigenvalue weighted by molar-refractivity contribution is 6.20. The summed E-state index contributed by atoms with van der Waals surface area (Å²) >= 11 is 4.77. The number of fused-ring (bicyclic) bond motifs is 2. The van der Waals surface area contributed by atoms with Gasteiger partial charge in [0.05, 0.1) is 23.3 Å². The summed E-state index contributed by atoms with van der Waals surface area (Å²) in [5.74, 6) is -0.763. The number of benzene rings is 2. The van der Waals surface area contributed by atoms with Crippen LogP contribution in [0.2, 0.25) is 0 Å². The number of halogens is 3. The van der Waals surface area contributed by atoms with Gasteiger partial charge in [0.25, 0.3) is 0 Å². The van der Waals surface area contributed by atoms with E-state index in [9.17, 15) is 28.6 Å². The molecule has 8 nitrogen and oxygen atoms in total. The third-order valence-electron chi connectivity index (χ3n) is 6.49. The molecule has 0 saturated heterocycles. The predicted octanol–water partition coefficient (Wildman–Crippen LogP) is 3.38. The number of hydrogen-bond acceptors (Lipinski definition) is 6. The van der Waals surface area contributed by atoms with Crippen LogP contribution < -0.4 is 10.1 Å². The van der Waals surface area contributed by atoms with E-state index < -0.39 is 23.2 Å². The average molecular weight is 504 g/mol. The number of aliphatic hydroxyl groups is 2. The zero-order chi connectivity index (χ0) is 25.0. The number of ether oxygens (including phenoxy) is 1. The van der Waals surface area contributed by atoms with E-state index in [1.807, 2.05) is 0 Å². The summed E-state index contributed by atoms with van der Waals surface area (Å²) in [5.41, 5.74) is -1.91. The summed E-state index contributed by atoms with van der Waals surface area (Å²) in [4.78, 5) is 26.2. The third kappa shape index (κ3) is 4.29. The van der Waals surface area contributed by atoms with Gasteiger partial charge >= 0.3 is 5.57 Å². The first-order valence-corrected chi connectivity index (χ1v) is 11.2. The van der Waals surface area contributed by atoms with Gasteiger partial charge in [-0.1, -0.05) is 12.1 Å². The van der Waals surface area contributed by atoms with Crippen molar-refractivity contribution >= 4 is 29.0 Å². The first kappa shape index (κ1) is 23.4. The summed E-state index contributed by atoms with van der Waals surface area (Å²) in [6.45, 7) is 0. The lowest BCUT2D eigenvalue weighted by Crippen LogP contribution is -2.32. The second-order valence-electron chi connectivity index (χ2n) is 8.79. The fourth-order valence-electron chi connectivity index (χ4n) is 4.95. The van der Waals surface area contributed by atoms with Crippen molar-refractivity contribution in [3.8, 4) is 17.0 Å². The maximum atomic E-state index is 13.2. The summed E-state index contributed by atoms with van der Waals surface area (Å²) < 4.78 is 29.9. The number of Topliss-reactive ketones (excluding diaryl/α,β-unsaturated/α-hetero) is 1. The molecule has 2 unspecified atom stereocenters. The molecule has 2 aromatic carbocycles. The molecule has 1 aliphatic carbocycles. The smallest absolute Gasteiger partial charge is 0.420 e. The average Bonchev–Trinajstić information content (AvgIpc) is 3.48. The fourth-order valence-corrected chi connectivity index (χ4v) is 5.04. The van der Waals surface area contributed by atoms with Crippen LogP contribution in [0.4, 0.5) is 14.5 Å². The molecule has 182 valence electrons. The van der Waals surface area contributed by atoms with Gasteiger partial charge in [0.1, 0.15) is 5.75 Å². The minimum atomic E-state index is -3.84. The van der Waals surface area contributed by atoms with E-state index in [1.54, 1.807) is 24.4 Å². The van der Waals surface area contributed by atoms with Crippen LogP contribution in [-0.4, -0.2) is 49.9 Å². The Kier molecular flexibility index (Phi) is 5.62. The van der Waals surface area contributed by atoms with Crippen molar-refractivity contribution in [2.75, 3.05) is 5.32 Å². The second-order valence-corrected chi connectivity index (χ2v) is 9.23. The molecule has 0 radical (unpaired) electrons. The molecule has 1 aromatic heterocycles. The molecule has 2 atom stereocenters. The quantitative estimate of drug-likeness (QED) is 0.302. The van der Waals surface area contributed by atoms with Crippen molar-refractivity contribution in [2.24, 2.45) is 0 Å². The van der Waals surface area contributed by atoms with Crippen molar-refractivity contribution in [1.82, 2.24) is 10.2 Å². The molecule has 2 heterocycles. The van der Waals surface area contributed by atoms with Crippen LogP contribution in [-0.2, 0) is 16.6 Å². The number of rotatable bonds is 6. The maximum Gasteiger partial charge on any atom is 0.487 e. The highest BCUT2D eigenvalue weighted by Gasteiger charge is 2.56. The van der Waals surface area contributed by atoms with E-state index in [0.29, 0.717) is 33.6 Å². The van der Waals surface area contributed by atoms with Gasteiger partial charge in [-0.05, 0) is 48.7 Å². The lowest BCUT2D eigenvalue weighted by Gasteiger charge is -2.23. The number of alkyl halides is 3. The lowest BCUT2D eigenvalue weighted by atomic mass is 9.76. The van der Waals surface area contributed by atoms with Crippen LogP contribution in [0.3, 0.4) is 0 Å². The number of aromatic nitrogens is 2. The largest absolute Gasteiger partial charge is 0.487 e. The van der Waals surface area contributed by atoms with E-state index in [2.05, 4.69) is 20.3 Å². The zero-order valence-corrected chi connectivity index (χ0v) is 18.9. The molecule has 1 aliphatic heterocycles. The van der Waals surface area contributed by atoms with Crippen molar-refractivity contribution < 1.29 is 33.3 Å². The van der Waals surface area contributed by atoms with E-state index in [1.165, 1.54) is 24.3 Å². The van der Waals surface area contributed by atoms with Crippen molar-refractivity contribution in [1.29, 1.82) is 0 Å². The highest BCUT2D eigenvalue weighted by atomic mass is 35.5. The van der Waals surface area contributed by atoms with Gasteiger partial charge in [-0.3, -0.25) is 14.7 Å². The van der Waals surface area contributed by atoms with Gasteiger partial charge in [-0.15, -0.1) is 8.78 Å². The predicted molar refractivity (Wildman–Crippen MR) is 121 cm³/mol. The zero-order valence-electron chi connectivity index (χ0n) is 18.1. The normalized spacial score (nSPS) is 23.4. The number of H-pyrrole nitrogens is 1. The molecule has 1 saturated carbocycles. The number of aliphatic hydroxyl groups excluding tert-OH is 2. The molecule has 0 bridgehead atoms. The Labute approximate surface area is 202 Å². The third-order valence-corrected chi connectivity index (χ3v) is 6.57. The molecular formula is C24H20ClF2N3O5. The van der Waals surface area contributed by atoms with Crippen molar-refractivity contribution in [3.63, 3.8) is 0 Å². The van der Waals surface area contributed by atoms with Gasteiger partial charge in [-0.25, -0.2) is 0 Å². The number of carbonyl (C=O) groups excluding carboxylic acids is 2. The van der Waals surface area contributed by atoms with Crippen molar-refractivity contribution in [2.45, 2.75) is 42.5 Å². The van der Waals surface area contributed by atoms with Crippen LogP contribution >= 0.6 is 11.6 Å². The molecule has 5 rings (SSSR count). The Balaban J connectivity index is 1.49. The molecule has 35 heavy (non-hydrogen) atoms. The standard InChI is InChI=1S/C24H20ClF2N3O5/c25-24(26,27)35-14-3-1-12(2-4-14)7-18(31)13-8-15(16-5-6-28-30-16)21-17(9-13)29-22(34)23(21)10-19(32)20(33)11-23/h1-6,8-9,19-20,32-33H,7,10-11H2,(H,28,30)(H,29,34). The van der Waals surface area contributed by atoms with Crippen LogP contribution in [0.15, 0.2) is 48.7 Å². The van der Waals surface area contributed by atoms with Crippen molar-refractivity contribution in [3.05, 3.63) is 65.4 Å². The Hall–Kier alpha value is -3.34. The van der Waals surface area contributed by atoms with Gasteiger partial charge in [0, 0.05) is 46.6 Å². The Morgan fingerprint density at radius 2 is 1.86 bits per heavy atom. The first-order chi connectivity index (χ1) is 16.6. The van der Waals surface area contributed by atoms with Gasteiger partial charge in [0.2, 0.25) is 5.91 Å². The van der Waals surface area contributed by atoms with E-state index in [-0.39, 0.29) is 36.7 Å². The Morgan fingerprint density at radius 1 is 1.17 bits per heavy atom. The number of nitrogens with zero attached hydrogens (tertiary/aromatic N) is 1. The summed E-state index contributed by atoms with van der Waals surface area (Å²) in [6.07, 6.45) is -0.482. The molecule has 4 N–H and O–H groups in total. The highest BCUT2D eigenvalue weighted by Crippen LogP contribution is 2.52. The Bertz CT molecular complexity index is 1280. The summed E-state index contributed by atoms with van der Waals surface area (Å²) in [6, 6.07) is 10.5. The topological polar surface area (TPSA) is 125 Å². The minimum absolute atomic E-state index is 0.0325. The number of aromatic amines is 1. The van der Waals surface area contributed by atoms with E-state index in [0.717, 1.165) is 0 Å². The van der Waals surface area contributed by atoms with Crippen LogP contribution in [0.1, 0.15) is 34.3 Å². The second kappa shape index (κ2) is 8.40. The first-order valence-electron chi connectivity index (χ1n) is 10.8. The SMILES string of the molecule is O=C(Cc1ccc(OC(F)(F)Cl)cc1)c1cc2c(c(-c3ccn[nH]3)c1)C1(CC(O)C(O)C1)C(=O)N2. The van der Waals surface area contributed by atoms with E-state index in [4.69, 9.17) is 11.6 Å². The number of anilines is 1. The summed E-state index contributed by atoms with van der Waals surface area (Å²) in [5, 5.41) is 30.1. The van der Waals surface area contributed by atoms with E-state index >= 15 is 0 Å². The fraction of sp³-hybridized carbons (Fsp3) is 0.292. The van der Waals surface area contributed by atoms with Crippen LogP contribution in [0.5, 0.6) is 5.75 Å². The number of carbonyl (C=O) groups is 2. The number of amides is 1. The van der Waals surface area contributed by atoms with Gasteiger partial charge < -0.3 is 20.3 Å². The molecule has 11 heteroatoms. The van der Waals surface area contributed by atoms with Crippen LogP contribution in [0.25, 0.3) is 11.3 Å². The molecule has 1 amide bonds. The molecule has 2 aliphatic rings. The van der Waals surface area contributed by atoms with Gasteiger partial charge in [-0.2, -0.15) is 5.10 Å². The number of ketones is 1. The maximum absolute atomic E-state index is 13.2. The molecule has 1 spiro atoms. The molecular weight excluding hydrogens is 484 g/mol. The Morgan fingerprint density at radius 3 is 2.46 bits per heavy atom. The minimum Gasteiger partial charge on any atom is -0.420 e. The monoisotopic (exact) mass is 503 g/mol. The molecule has 1 fully saturated rings. The number of nitrogens with one attached hydrogen (secondary N) is 2. The van der Waals surface area contributed by atoms with Crippen LogP contribution in [0, 0.1) is 0 Å².